The van der Waals surface area contributed by atoms with E-state index in [4.69, 9.17) is 0 Å². The van der Waals surface area contributed by atoms with E-state index in [-0.39, 0.29) is 0 Å². The van der Waals surface area contributed by atoms with Crippen LogP contribution >= 0.6 is 11.8 Å². The van der Waals surface area contributed by atoms with Gasteiger partial charge in [0.15, 0.2) is 11.6 Å². The van der Waals surface area contributed by atoms with E-state index < -0.39 is 0 Å². The Morgan fingerprint density at radius 2 is 2.19 bits per heavy atom. The second kappa shape index (κ2) is 3.90. The smallest absolute Gasteiger partial charge is 0.155 e. The van der Waals surface area contributed by atoms with Crippen LogP contribution in [0.3, 0.4) is 0 Å². The van der Waals surface area contributed by atoms with Crippen LogP contribution in [0.4, 0.5) is 0 Å². The highest BCUT2D eigenvalue weighted by atomic mass is 32.2. The normalized spacial score (nSPS) is 15.3. The maximum atomic E-state index is 4.43. The van der Waals surface area contributed by atoms with Crippen molar-refractivity contribution in [2.45, 2.75) is 23.7 Å². The largest absolute Gasteiger partial charge is 0.236 e. The van der Waals surface area contributed by atoms with Crippen molar-refractivity contribution >= 4 is 11.8 Å². The molecular weight excluding hydrogens is 220 g/mol. The van der Waals surface area contributed by atoms with Gasteiger partial charge in [-0.3, -0.25) is 0 Å². The molecule has 0 atom stereocenters. The van der Waals surface area contributed by atoms with Crippen molar-refractivity contribution in [2.24, 2.45) is 0 Å². The molecule has 2 aromatic rings. The average molecular weight is 232 g/mol. The van der Waals surface area contributed by atoms with Crippen LogP contribution in [-0.4, -0.2) is 26.0 Å². The van der Waals surface area contributed by atoms with Crippen molar-refractivity contribution in [1.29, 1.82) is 0 Å². The fourth-order valence-electron chi connectivity index (χ4n) is 1.54. The van der Waals surface area contributed by atoms with Gasteiger partial charge in [0.25, 0.3) is 0 Å². The molecule has 0 bridgehead atoms. The van der Waals surface area contributed by atoms with E-state index >= 15 is 0 Å². The number of nitrogens with zero attached hydrogens (tertiary/aromatic N) is 4. The number of thioether (sulfide) groups is 1. The lowest BCUT2D eigenvalue weighted by Crippen LogP contribution is -1.98. The monoisotopic (exact) mass is 232 g/mol. The molecule has 0 unspecified atom stereocenters. The standard InChI is InChI=1S/C11H12N4S/c1-16-9-4-5-10(12-6-9)15-7-13-11(14-15)8-2-3-8/h4-8H,2-3H2,1H3. The van der Waals surface area contributed by atoms with E-state index in [0.717, 1.165) is 16.5 Å². The van der Waals surface area contributed by atoms with Gasteiger partial charge in [-0.15, -0.1) is 16.9 Å². The Balaban J connectivity index is 1.88. The molecule has 1 fully saturated rings. The summed E-state index contributed by atoms with van der Waals surface area (Å²) in [5.74, 6) is 2.37. The zero-order chi connectivity index (χ0) is 11.0. The zero-order valence-electron chi connectivity index (χ0n) is 9.00. The van der Waals surface area contributed by atoms with Crippen molar-refractivity contribution in [3.63, 3.8) is 0 Å². The maximum absolute atomic E-state index is 4.43. The molecule has 4 nitrogen and oxygen atoms in total. The molecule has 82 valence electrons. The van der Waals surface area contributed by atoms with E-state index in [1.165, 1.54) is 12.8 Å². The Labute approximate surface area is 98.1 Å². The SMILES string of the molecule is CSc1ccc(-n2cnc(C3CC3)n2)nc1. The van der Waals surface area contributed by atoms with E-state index in [0.29, 0.717) is 5.92 Å². The molecule has 1 saturated carbocycles. The Morgan fingerprint density at radius 1 is 1.31 bits per heavy atom. The van der Waals surface area contributed by atoms with E-state index in [1.807, 2.05) is 24.6 Å². The predicted octanol–water partition coefficient (Wildman–Crippen LogP) is 2.26. The van der Waals surface area contributed by atoms with Crippen molar-refractivity contribution in [3.8, 4) is 5.82 Å². The lowest BCUT2D eigenvalue weighted by Gasteiger charge is -1.99. The second-order valence-electron chi connectivity index (χ2n) is 3.88. The Bertz CT molecular complexity index is 487. The van der Waals surface area contributed by atoms with Crippen LogP contribution in [0.1, 0.15) is 24.6 Å². The number of hydrogen-bond donors (Lipinski definition) is 0. The third-order valence-corrected chi connectivity index (χ3v) is 3.36. The van der Waals surface area contributed by atoms with Gasteiger partial charge < -0.3 is 0 Å². The summed E-state index contributed by atoms with van der Waals surface area (Å²) in [6, 6.07) is 4.02. The summed E-state index contributed by atoms with van der Waals surface area (Å²) in [7, 11) is 0. The molecule has 0 aromatic carbocycles. The molecule has 3 rings (SSSR count). The van der Waals surface area contributed by atoms with Crippen molar-refractivity contribution in [1.82, 2.24) is 19.7 Å². The van der Waals surface area contributed by atoms with Gasteiger partial charge >= 0.3 is 0 Å². The van der Waals surface area contributed by atoms with Gasteiger partial charge in [0.1, 0.15) is 6.33 Å². The Morgan fingerprint density at radius 3 is 2.81 bits per heavy atom. The first-order valence-electron chi connectivity index (χ1n) is 5.29. The summed E-state index contributed by atoms with van der Waals surface area (Å²) >= 11 is 1.69. The minimum Gasteiger partial charge on any atom is -0.236 e. The minimum absolute atomic E-state index is 0.590. The highest BCUT2D eigenvalue weighted by Crippen LogP contribution is 2.37. The molecule has 0 saturated heterocycles. The van der Waals surface area contributed by atoms with Crippen LogP contribution < -0.4 is 0 Å². The summed E-state index contributed by atoms with van der Waals surface area (Å²) in [5.41, 5.74) is 0. The third kappa shape index (κ3) is 1.82. The van der Waals surface area contributed by atoms with Gasteiger partial charge in [-0.1, -0.05) is 0 Å². The Hall–Kier alpha value is -1.36. The van der Waals surface area contributed by atoms with E-state index in [9.17, 15) is 0 Å². The topological polar surface area (TPSA) is 43.6 Å². The third-order valence-electron chi connectivity index (χ3n) is 2.64. The fraction of sp³-hybridized carbons (Fsp3) is 0.364. The van der Waals surface area contributed by atoms with Crippen molar-refractivity contribution < 1.29 is 0 Å². The van der Waals surface area contributed by atoms with E-state index in [1.54, 1.807) is 22.8 Å². The molecule has 0 radical (unpaired) electrons. The highest BCUT2D eigenvalue weighted by molar-refractivity contribution is 7.98. The first-order chi connectivity index (χ1) is 7.86. The quantitative estimate of drug-likeness (QED) is 0.761. The summed E-state index contributed by atoms with van der Waals surface area (Å²) < 4.78 is 1.75. The maximum Gasteiger partial charge on any atom is 0.155 e. The molecular formula is C11H12N4S. The minimum atomic E-state index is 0.590. The first-order valence-corrected chi connectivity index (χ1v) is 6.51. The number of hydrogen-bond acceptors (Lipinski definition) is 4. The summed E-state index contributed by atoms with van der Waals surface area (Å²) in [5, 5.41) is 4.43. The average Bonchev–Trinajstić information content (AvgIpc) is 3.08. The van der Waals surface area contributed by atoms with Gasteiger partial charge in [-0.05, 0) is 31.2 Å². The van der Waals surface area contributed by atoms with Crippen LogP contribution in [0, 0.1) is 0 Å². The number of pyridine rings is 1. The van der Waals surface area contributed by atoms with Gasteiger partial charge in [-0.25, -0.2) is 14.6 Å². The molecule has 0 aliphatic heterocycles. The molecule has 0 amide bonds. The molecule has 1 aliphatic carbocycles. The predicted molar refractivity (Wildman–Crippen MR) is 62.9 cm³/mol. The van der Waals surface area contributed by atoms with Crippen LogP contribution in [0.15, 0.2) is 29.6 Å². The molecule has 0 spiro atoms. The first kappa shape index (κ1) is 9.84. The van der Waals surface area contributed by atoms with Gasteiger partial charge in [0.2, 0.25) is 0 Å². The number of aromatic nitrogens is 4. The van der Waals surface area contributed by atoms with Crippen molar-refractivity contribution in [3.05, 3.63) is 30.5 Å². The molecule has 0 N–H and O–H groups in total. The lowest BCUT2D eigenvalue weighted by atomic mass is 10.4. The van der Waals surface area contributed by atoms with Gasteiger partial charge in [0.05, 0.1) is 0 Å². The lowest BCUT2D eigenvalue weighted by molar-refractivity contribution is 0.809. The fourth-order valence-corrected chi connectivity index (χ4v) is 1.91. The molecule has 5 heteroatoms. The zero-order valence-corrected chi connectivity index (χ0v) is 9.81. The van der Waals surface area contributed by atoms with Crippen LogP contribution in [0.2, 0.25) is 0 Å². The van der Waals surface area contributed by atoms with Crippen LogP contribution in [-0.2, 0) is 0 Å². The van der Waals surface area contributed by atoms with Crippen LogP contribution in [0.5, 0.6) is 0 Å². The summed E-state index contributed by atoms with van der Waals surface area (Å²) in [6.07, 6.45) is 8.09. The van der Waals surface area contributed by atoms with Gasteiger partial charge in [-0.2, -0.15) is 0 Å². The Kier molecular flexibility index (Phi) is 2.40. The number of rotatable bonds is 3. The van der Waals surface area contributed by atoms with Crippen molar-refractivity contribution in [2.75, 3.05) is 6.26 Å². The molecule has 16 heavy (non-hydrogen) atoms. The molecule has 2 aromatic heterocycles. The summed E-state index contributed by atoms with van der Waals surface area (Å²) in [6.45, 7) is 0. The van der Waals surface area contributed by atoms with E-state index in [2.05, 4.69) is 15.1 Å². The molecule has 2 heterocycles. The summed E-state index contributed by atoms with van der Waals surface area (Å²) in [4.78, 5) is 9.81. The van der Waals surface area contributed by atoms with Crippen LogP contribution in [0.25, 0.3) is 5.82 Å². The highest BCUT2D eigenvalue weighted by Gasteiger charge is 2.27. The molecule has 1 aliphatic rings. The van der Waals surface area contributed by atoms with Gasteiger partial charge in [0, 0.05) is 17.0 Å². The second-order valence-corrected chi connectivity index (χ2v) is 4.76.